The summed E-state index contributed by atoms with van der Waals surface area (Å²) in [5.74, 6) is 0.107. The standard InChI is InChI=1S/C20H27N3OS/c1-2-22-10-12-23(13-11-22)19(17-7-4-3-5-8-17)16-21-20(24)15-18-9-6-14-25-18/h3-9,14,19H,2,10-13,15-16H2,1H3,(H,21,24). The quantitative estimate of drug-likeness (QED) is 0.828. The zero-order valence-corrected chi connectivity index (χ0v) is 15.7. The Hall–Kier alpha value is -1.69. The van der Waals surface area contributed by atoms with Crippen LogP contribution in [0.15, 0.2) is 47.8 Å². The molecule has 1 aliphatic rings. The number of carbonyl (C=O) groups is 1. The van der Waals surface area contributed by atoms with Gasteiger partial charge in [-0.3, -0.25) is 9.69 Å². The van der Waals surface area contributed by atoms with Crippen LogP contribution in [0.5, 0.6) is 0 Å². The number of piperazine rings is 1. The number of thiophene rings is 1. The Kier molecular flexibility index (Phi) is 6.62. The van der Waals surface area contributed by atoms with E-state index in [1.54, 1.807) is 11.3 Å². The molecule has 1 N–H and O–H groups in total. The fourth-order valence-corrected chi connectivity index (χ4v) is 4.07. The Balaban J connectivity index is 1.62. The molecular formula is C20H27N3OS. The van der Waals surface area contributed by atoms with Crippen LogP contribution in [0.2, 0.25) is 0 Å². The smallest absolute Gasteiger partial charge is 0.225 e. The van der Waals surface area contributed by atoms with Crippen LogP contribution >= 0.6 is 11.3 Å². The molecule has 0 saturated carbocycles. The Morgan fingerprint density at radius 3 is 2.52 bits per heavy atom. The molecule has 1 saturated heterocycles. The van der Waals surface area contributed by atoms with Gasteiger partial charge in [0.05, 0.1) is 12.5 Å². The van der Waals surface area contributed by atoms with Crippen molar-refractivity contribution in [3.05, 3.63) is 58.3 Å². The lowest BCUT2D eigenvalue weighted by molar-refractivity contribution is -0.120. The molecule has 0 spiro atoms. The number of hydrogen-bond donors (Lipinski definition) is 1. The summed E-state index contributed by atoms with van der Waals surface area (Å²) in [5.41, 5.74) is 1.28. The number of nitrogens with zero attached hydrogens (tertiary/aromatic N) is 2. The summed E-state index contributed by atoms with van der Waals surface area (Å²) < 4.78 is 0. The van der Waals surface area contributed by atoms with Crippen LogP contribution in [0.3, 0.4) is 0 Å². The minimum absolute atomic E-state index is 0.107. The maximum atomic E-state index is 12.3. The van der Waals surface area contributed by atoms with E-state index in [0.717, 1.165) is 37.6 Å². The first kappa shape index (κ1) is 18.1. The Labute approximate surface area is 154 Å². The molecule has 25 heavy (non-hydrogen) atoms. The first-order valence-electron chi connectivity index (χ1n) is 9.06. The van der Waals surface area contributed by atoms with Crippen molar-refractivity contribution in [3.8, 4) is 0 Å². The van der Waals surface area contributed by atoms with Crippen molar-refractivity contribution in [1.29, 1.82) is 0 Å². The molecular weight excluding hydrogens is 330 g/mol. The van der Waals surface area contributed by atoms with Gasteiger partial charge in [0.15, 0.2) is 0 Å². The second-order valence-corrected chi connectivity index (χ2v) is 7.49. The highest BCUT2D eigenvalue weighted by Gasteiger charge is 2.24. The van der Waals surface area contributed by atoms with Gasteiger partial charge in [-0.05, 0) is 23.6 Å². The van der Waals surface area contributed by atoms with Crippen LogP contribution in [0.1, 0.15) is 23.4 Å². The molecule has 2 heterocycles. The molecule has 4 nitrogen and oxygen atoms in total. The fourth-order valence-electron chi connectivity index (χ4n) is 3.37. The second kappa shape index (κ2) is 9.13. The molecule has 1 aromatic heterocycles. The highest BCUT2D eigenvalue weighted by Crippen LogP contribution is 2.21. The van der Waals surface area contributed by atoms with Gasteiger partial charge in [0, 0.05) is 37.6 Å². The predicted octanol–water partition coefficient (Wildman–Crippen LogP) is 2.79. The van der Waals surface area contributed by atoms with Crippen LogP contribution in [0.4, 0.5) is 0 Å². The molecule has 1 aliphatic heterocycles. The predicted molar refractivity (Wildman–Crippen MR) is 104 cm³/mol. The number of rotatable bonds is 7. The third kappa shape index (κ3) is 5.14. The van der Waals surface area contributed by atoms with E-state index in [1.807, 2.05) is 23.6 Å². The molecule has 1 aromatic carbocycles. The van der Waals surface area contributed by atoms with Gasteiger partial charge >= 0.3 is 0 Å². The van der Waals surface area contributed by atoms with E-state index < -0.39 is 0 Å². The van der Waals surface area contributed by atoms with Crippen molar-refractivity contribution in [2.75, 3.05) is 39.3 Å². The van der Waals surface area contributed by atoms with Crippen LogP contribution in [-0.4, -0.2) is 55.0 Å². The summed E-state index contributed by atoms with van der Waals surface area (Å²) >= 11 is 1.64. The topological polar surface area (TPSA) is 35.6 Å². The first-order valence-corrected chi connectivity index (χ1v) is 9.94. The normalized spacial score (nSPS) is 17.3. The van der Waals surface area contributed by atoms with Crippen molar-refractivity contribution in [2.24, 2.45) is 0 Å². The van der Waals surface area contributed by atoms with E-state index >= 15 is 0 Å². The van der Waals surface area contributed by atoms with E-state index in [1.165, 1.54) is 5.56 Å². The van der Waals surface area contributed by atoms with Gasteiger partial charge in [-0.15, -0.1) is 11.3 Å². The number of hydrogen-bond acceptors (Lipinski definition) is 4. The molecule has 0 bridgehead atoms. The monoisotopic (exact) mass is 357 g/mol. The number of benzene rings is 1. The molecule has 2 aromatic rings. The van der Waals surface area contributed by atoms with Crippen molar-refractivity contribution in [2.45, 2.75) is 19.4 Å². The van der Waals surface area contributed by atoms with Crippen molar-refractivity contribution >= 4 is 17.2 Å². The summed E-state index contributed by atoms with van der Waals surface area (Å²) in [7, 11) is 0. The Bertz CT molecular complexity index is 636. The van der Waals surface area contributed by atoms with Gasteiger partial charge < -0.3 is 10.2 Å². The van der Waals surface area contributed by atoms with Gasteiger partial charge in [-0.25, -0.2) is 0 Å². The van der Waals surface area contributed by atoms with E-state index in [2.05, 4.69) is 46.3 Å². The zero-order chi connectivity index (χ0) is 17.5. The lowest BCUT2D eigenvalue weighted by Crippen LogP contribution is -2.49. The molecule has 0 aliphatic carbocycles. The highest BCUT2D eigenvalue weighted by molar-refractivity contribution is 7.10. The fraction of sp³-hybridized carbons (Fsp3) is 0.450. The van der Waals surface area contributed by atoms with E-state index in [9.17, 15) is 4.79 Å². The van der Waals surface area contributed by atoms with Crippen molar-refractivity contribution < 1.29 is 4.79 Å². The average molecular weight is 358 g/mol. The second-order valence-electron chi connectivity index (χ2n) is 6.46. The Morgan fingerprint density at radius 1 is 1.12 bits per heavy atom. The number of amides is 1. The minimum atomic E-state index is 0.107. The third-order valence-electron chi connectivity index (χ3n) is 4.89. The summed E-state index contributed by atoms with van der Waals surface area (Å²) in [4.78, 5) is 18.4. The van der Waals surface area contributed by atoms with E-state index in [-0.39, 0.29) is 11.9 Å². The molecule has 1 unspecified atom stereocenters. The summed E-state index contributed by atoms with van der Waals surface area (Å²) in [5, 5.41) is 5.17. The van der Waals surface area contributed by atoms with Crippen LogP contribution in [0.25, 0.3) is 0 Å². The van der Waals surface area contributed by atoms with Gasteiger partial charge in [0.1, 0.15) is 0 Å². The molecule has 0 radical (unpaired) electrons. The molecule has 3 rings (SSSR count). The maximum Gasteiger partial charge on any atom is 0.225 e. The summed E-state index contributed by atoms with van der Waals surface area (Å²) in [6.45, 7) is 8.30. The van der Waals surface area contributed by atoms with Crippen molar-refractivity contribution in [3.63, 3.8) is 0 Å². The SMILES string of the molecule is CCN1CCN(C(CNC(=O)Cc2cccs2)c2ccccc2)CC1. The van der Waals surface area contributed by atoms with Gasteiger partial charge in [0.2, 0.25) is 5.91 Å². The third-order valence-corrected chi connectivity index (χ3v) is 5.76. The molecule has 134 valence electrons. The van der Waals surface area contributed by atoms with E-state index in [4.69, 9.17) is 0 Å². The summed E-state index contributed by atoms with van der Waals surface area (Å²) in [6.07, 6.45) is 0.475. The van der Waals surface area contributed by atoms with E-state index in [0.29, 0.717) is 13.0 Å². The van der Waals surface area contributed by atoms with Gasteiger partial charge in [-0.1, -0.05) is 43.3 Å². The molecule has 5 heteroatoms. The number of likely N-dealkylation sites (N-methyl/N-ethyl adjacent to an activating group) is 1. The maximum absolute atomic E-state index is 12.3. The lowest BCUT2D eigenvalue weighted by Gasteiger charge is -2.39. The van der Waals surface area contributed by atoms with Crippen LogP contribution in [0, 0.1) is 0 Å². The molecule has 1 fully saturated rings. The number of carbonyl (C=O) groups excluding carboxylic acids is 1. The van der Waals surface area contributed by atoms with Crippen LogP contribution in [-0.2, 0) is 11.2 Å². The zero-order valence-electron chi connectivity index (χ0n) is 14.9. The van der Waals surface area contributed by atoms with Gasteiger partial charge in [0.25, 0.3) is 0 Å². The molecule has 1 atom stereocenters. The minimum Gasteiger partial charge on any atom is -0.354 e. The first-order chi connectivity index (χ1) is 12.3. The Morgan fingerprint density at radius 2 is 1.88 bits per heavy atom. The average Bonchev–Trinajstić information content (AvgIpc) is 3.16. The van der Waals surface area contributed by atoms with Crippen molar-refractivity contribution in [1.82, 2.24) is 15.1 Å². The van der Waals surface area contributed by atoms with Gasteiger partial charge in [-0.2, -0.15) is 0 Å². The largest absolute Gasteiger partial charge is 0.354 e. The van der Waals surface area contributed by atoms with Crippen LogP contribution < -0.4 is 5.32 Å². The summed E-state index contributed by atoms with van der Waals surface area (Å²) in [6, 6.07) is 14.8. The lowest BCUT2D eigenvalue weighted by atomic mass is 10.0. The number of nitrogens with one attached hydrogen (secondary N) is 1. The highest BCUT2D eigenvalue weighted by atomic mass is 32.1. The molecule has 1 amide bonds.